The molecule has 2 aliphatic rings. The third kappa shape index (κ3) is 5.64. The monoisotopic (exact) mass is 529 g/mol. The summed E-state index contributed by atoms with van der Waals surface area (Å²) in [7, 11) is 3.96. The van der Waals surface area contributed by atoms with Crippen LogP contribution < -0.4 is 20.1 Å². The van der Waals surface area contributed by atoms with Crippen LogP contribution in [-0.4, -0.2) is 50.7 Å². The topological polar surface area (TPSA) is 79.9 Å². The fourth-order valence-corrected chi connectivity index (χ4v) is 5.03. The van der Waals surface area contributed by atoms with Crippen molar-refractivity contribution < 1.29 is 20.5 Å². The largest absolute Gasteiger partial charge is 0.454 e. The zero-order chi connectivity index (χ0) is 27.8. The number of ether oxygens (including phenoxy) is 2. The second kappa shape index (κ2) is 10.4. The van der Waals surface area contributed by atoms with Gasteiger partial charge in [0, 0.05) is 25.8 Å². The fourth-order valence-electron chi connectivity index (χ4n) is 5.03. The van der Waals surface area contributed by atoms with E-state index in [0.717, 1.165) is 47.5 Å². The van der Waals surface area contributed by atoms with Crippen molar-refractivity contribution in [2.24, 2.45) is 0 Å². The number of fused-ring (bicyclic) bond motifs is 1. The second-order valence-electron chi connectivity index (χ2n) is 11.8. The molecule has 7 heteroatoms. The van der Waals surface area contributed by atoms with Crippen LogP contribution in [0.25, 0.3) is 11.1 Å². The van der Waals surface area contributed by atoms with Crippen LogP contribution in [0.5, 0.6) is 11.5 Å². The molecule has 1 fully saturated rings. The SMILES string of the molecule is CN(C)CCNC(=O)c1ccc(-c2cc(NC(=O)C3(c4ccc5c(c4)OCO5)CC3)ccc2C(C)(C)C)cc1.[HH]. The fraction of sp³-hybridized carbons (Fsp3) is 0.375. The lowest BCUT2D eigenvalue weighted by molar-refractivity contribution is -0.118. The van der Waals surface area contributed by atoms with Gasteiger partial charge < -0.3 is 25.0 Å². The van der Waals surface area contributed by atoms with E-state index in [1.54, 1.807) is 0 Å². The maximum absolute atomic E-state index is 13.5. The number of nitrogens with zero attached hydrogens (tertiary/aromatic N) is 1. The van der Waals surface area contributed by atoms with Crippen molar-refractivity contribution in [3.8, 4) is 22.6 Å². The molecule has 1 saturated carbocycles. The Morgan fingerprint density at radius 1 is 0.949 bits per heavy atom. The van der Waals surface area contributed by atoms with Crippen molar-refractivity contribution >= 4 is 17.5 Å². The maximum atomic E-state index is 13.5. The van der Waals surface area contributed by atoms with Crippen molar-refractivity contribution in [3.63, 3.8) is 0 Å². The standard InChI is InChI=1S/C32H37N3O4.H2/c1-31(2,3)26-12-11-24(19-25(26)21-6-8-22(9-7-21)29(36)33-16-17-35(4)5)34-30(37)32(14-15-32)23-10-13-27-28(18-23)39-20-38-27;/h6-13,18-19H,14-17,20H2,1-5H3,(H,33,36)(H,34,37);1H. The first-order valence-electron chi connectivity index (χ1n) is 13.5. The molecule has 0 radical (unpaired) electrons. The Bertz CT molecular complexity index is 1390. The van der Waals surface area contributed by atoms with Crippen molar-refractivity contribution in [2.45, 2.75) is 44.4 Å². The molecule has 1 heterocycles. The van der Waals surface area contributed by atoms with Gasteiger partial charge in [0.05, 0.1) is 5.41 Å². The van der Waals surface area contributed by atoms with Crippen LogP contribution in [0.15, 0.2) is 60.7 Å². The molecule has 7 nitrogen and oxygen atoms in total. The van der Waals surface area contributed by atoms with Gasteiger partial charge in [-0.2, -0.15) is 0 Å². The molecule has 2 N–H and O–H groups in total. The van der Waals surface area contributed by atoms with Crippen LogP contribution in [0.1, 0.15) is 56.5 Å². The summed E-state index contributed by atoms with van der Waals surface area (Å²) in [6.45, 7) is 8.12. The molecule has 0 saturated heterocycles. The number of carbonyl (C=O) groups excluding carboxylic acids is 2. The zero-order valence-corrected chi connectivity index (χ0v) is 23.4. The van der Waals surface area contributed by atoms with Gasteiger partial charge in [-0.05, 0) is 91.0 Å². The molecule has 2 amide bonds. The summed E-state index contributed by atoms with van der Waals surface area (Å²) in [6.07, 6.45) is 1.59. The minimum atomic E-state index is -0.550. The Morgan fingerprint density at radius 2 is 1.67 bits per heavy atom. The molecule has 206 valence electrons. The maximum Gasteiger partial charge on any atom is 0.251 e. The second-order valence-corrected chi connectivity index (χ2v) is 11.8. The number of amides is 2. The highest BCUT2D eigenvalue weighted by Crippen LogP contribution is 2.51. The van der Waals surface area contributed by atoms with E-state index in [1.807, 2.05) is 73.6 Å². The third-order valence-corrected chi connectivity index (χ3v) is 7.50. The lowest BCUT2D eigenvalue weighted by Gasteiger charge is -2.24. The Hall–Kier alpha value is -3.84. The summed E-state index contributed by atoms with van der Waals surface area (Å²) in [6, 6.07) is 19.6. The van der Waals surface area contributed by atoms with Gasteiger partial charge >= 0.3 is 0 Å². The number of anilines is 1. The predicted octanol–water partition coefficient (Wildman–Crippen LogP) is 5.59. The number of nitrogens with one attached hydrogen (secondary N) is 2. The van der Waals surface area contributed by atoms with Crippen LogP contribution in [0, 0.1) is 0 Å². The molecule has 3 aromatic rings. The summed E-state index contributed by atoms with van der Waals surface area (Å²) in [5.41, 5.74) is 4.87. The highest BCUT2D eigenvalue weighted by Gasteiger charge is 2.51. The Morgan fingerprint density at radius 3 is 2.33 bits per heavy atom. The number of likely N-dealkylation sites (N-methyl/N-ethyl adjacent to an activating group) is 1. The molecule has 0 bridgehead atoms. The zero-order valence-electron chi connectivity index (χ0n) is 23.4. The highest BCUT2D eigenvalue weighted by atomic mass is 16.7. The van der Waals surface area contributed by atoms with Gasteiger partial charge in [0.2, 0.25) is 12.7 Å². The smallest absolute Gasteiger partial charge is 0.251 e. The van der Waals surface area contributed by atoms with E-state index in [1.165, 1.54) is 5.56 Å². The van der Waals surface area contributed by atoms with Crippen LogP contribution >= 0.6 is 0 Å². The quantitative estimate of drug-likeness (QED) is 0.398. The summed E-state index contributed by atoms with van der Waals surface area (Å²) in [4.78, 5) is 28.1. The molecule has 1 aliphatic heterocycles. The third-order valence-electron chi connectivity index (χ3n) is 7.50. The molecular weight excluding hydrogens is 490 g/mol. The van der Waals surface area contributed by atoms with Crippen LogP contribution in [0.3, 0.4) is 0 Å². The molecular formula is C32H39N3O4. The van der Waals surface area contributed by atoms with Crippen LogP contribution in [0.2, 0.25) is 0 Å². The normalized spacial score (nSPS) is 15.2. The molecule has 5 rings (SSSR count). The first-order valence-corrected chi connectivity index (χ1v) is 13.5. The van der Waals surface area contributed by atoms with E-state index in [-0.39, 0.29) is 25.4 Å². The van der Waals surface area contributed by atoms with Crippen molar-refractivity contribution in [1.82, 2.24) is 10.2 Å². The van der Waals surface area contributed by atoms with Crippen LogP contribution in [0.4, 0.5) is 5.69 Å². The van der Waals surface area contributed by atoms with E-state index in [9.17, 15) is 9.59 Å². The Balaban J connectivity index is 0.00000370. The van der Waals surface area contributed by atoms with E-state index in [0.29, 0.717) is 17.9 Å². The van der Waals surface area contributed by atoms with Crippen LogP contribution in [-0.2, 0) is 15.6 Å². The molecule has 0 atom stereocenters. The van der Waals surface area contributed by atoms with E-state index < -0.39 is 5.41 Å². The van der Waals surface area contributed by atoms with E-state index in [4.69, 9.17) is 9.47 Å². The van der Waals surface area contributed by atoms with Gasteiger partial charge in [0.25, 0.3) is 5.91 Å². The number of carbonyl (C=O) groups is 2. The molecule has 0 aromatic heterocycles. The summed E-state index contributed by atoms with van der Waals surface area (Å²) >= 11 is 0. The molecule has 0 spiro atoms. The Labute approximate surface area is 232 Å². The number of hydrogen-bond donors (Lipinski definition) is 2. The summed E-state index contributed by atoms with van der Waals surface area (Å²) in [5, 5.41) is 6.14. The number of hydrogen-bond acceptors (Lipinski definition) is 5. The highest BCUT2D eigenvalue weighted by molar-refractivity contribution is 6.02. The average Bonchev–Trinajstić information content (AvgIpc) is 3.58. The minimum absolute atomic E-state index is 0. The van der Waals surface area contributed by atoms with Gasteiger partial charge in [-0.15, -0.1) is 0 Å². The van der Waals surface area contributed by atoms with Crippen molar-refractivity contribution in [3.05, 3.63) is 77.4 Å². The van der Waals surface area contributed by atoms with Gasteiger partial charge in [-0.1, -0.05) is 45.0 Å². The minimum Gasteiger partial charge on any atom is -0.454 e. The van der Waals surface area contributed by atoms with E-state index in [2.05, 4.69) is 37.5 Å². The first-order chi connectivity index (χ1) is 18.6. The molecule has 39 heavy (non-hydrogen) atoms. The average molecular weight is 530 g/mol. The summed E-state index contributed by atoms with van der Waals surface area (Å²) < 4.78 is 11.0. The lowest BCUT2D eigenvalue weighted by Crippen LogP contribution is -2.31. The molecule has 0 unspecified atom stereocenters. The van der Waals surface area contributed by atoms with Gasteiger partial charge in [-0.3, -0.25) is 9.59 Å². The Kier molecular flexibility index (Phi) is 7.12. The predicted molar refractivity (Wildman–Crippen MR) is 156 cm³/mol. The van der Waals surface area contributed by atoms with Gasteiger partial charge in [0.15, 0.2) is 11.5 Å². The van der Waals surface area contributed by atoms with E-state index >= 15 is 0 Å². The summed E-state index contributed by atoms with van der Waals surface area (Å²) in [5.74, 6) is 1.31. The van der Waals surface area contributed by atoms with Crippen molar-refractivity contribution in [1.29, 1.82) is 0 Å². The van der Waals surface area contributed by atoms with Crippen molar-refractivity contribution in [2.75, 3.05) is 39.3 Å². The molecule has 3 aromatic carbocycles. The van der Waals surface area contributed by atoms with Gasteiger partial charge in [-0.25, -0.2) is 0 Å². The molecule has 1 aliphatic carbocycles. The number of benzene rings is 3. The van der Waals surface area contributed by atoms with Gasteiger partial charge in [0.1, 0.15) is 0 Å². The lowest BCUT2D eigenvalue weighted by atomic mass is 9.81. The first kappa shape index (κ1) is 26.8. The number of rotatable bonds is 8.